The third-order valence-electron chi connectivity index (χ3n) is 11.3. The molecule has 1 unspecified atom stereocenters. The molecule has 4 aromatic carbocycles. The van der Waals surface area contributed by atoms with Crippen LogP contribution >= 0.6 is 0 Å². The van der Waals surface area contributed by atoms with Gasteiger partial charge in [-0.2, -0.15) is 0 Å². The number of benzene rings is 4. The second kappa shape index (κ2) is 13.4. The summed E-state index contributed by atoms with van der Waals surface area (Å²) in [5.74, 6) is -2.17. The second-order valence-electron chi connectivity index (χ2n) is 14.1. The van der Waals surface area contributed by atoms with Gasteiger partial charge in [0, 0.05) is 24.5 Å². The number of likely N-dealkylation sites (tertiary alicyclic amines) is 1. The highest BCUT2D eigenvalue weighted by Crippen LogP contribution is 2.59. The van der Waals surface area contributed by atoms with Crippen LogP contribution in [0.3, 0.4) is 0 Å². The van der Waals surface area contributed by atoms with Crippen LogP contribution in [0, 0.1) is 11.8 Å². The number of carbonyl (C=O) groups is 3. The van der Waals surface area contributed by atoms with Gasteiger partial charge in [0.2, 0.25) is 11.8 Å². The molecule has 3 amide bonds. The van der Waals surface area contributed by atoms with Gasteiger partial charge < -0.3 is 29.3 Å². The van der Waals surface area contributed by atoms with Gasteiger partial charge in [0.05, 0.1) is 36.7 Å². The van der Waals surface area contributed by atoms with Gasteiger partial charge in [-0.1, -0.05) is 91.9 Å². The Hall–Kier alpha value is -5.25. The van der Waals surface area contributed by atoms with Crippen LogP contribution in [0.25, 0.3) is 10.8 Å². The summed E-state index contributed by atoms with van der Waals surface area (Å²) in [5.41, 5.74) is -0.315. The molecule has 2 saturated heterocycles. The molecule has 0 aromatic heterocycles. The maximum absolute atomic E-state index is 15.3. The first-order valence-electron chi connectivity index (χ1n) is 18.2. The van der Waals surface area contributed by atoms with E-state index in [9.17, 15) is 5.11 Å². The van der Waals surface area contributed by atoms with Crippen molar-refractivity contribution >= 4 is 39.9 Å². The third kappa shape index (κ3) is 5.33. The largest absolute Gasteiger partial charge is 0.494 e. The van der Waals surface area contributed by atoms with Gasteiger partial charge in [0.15, 0.2) is 0 Å². The molecule has 0 saturated carbocycles. The number of hydrogen-bond donors (Lipinski definition) is 1. The number of ether oxygens (including phenoxy) is 2. The Labute approximate surface area is 303 Å². The minimum absolute atomic E-state index is 0.244. The lowest BCUT2D eigenvalue weighted by Crippen LogP contribution is -2.59. The topological polar surface area (TPSA) is 99.6 Å². The van der Waals surface area contributed by atoms with Crippen LogP contribution in [-0.2, 0) is 25.5 Å². The number of aliphatic hydroxyl groups is 1. The Kier molecular flexibility index (Phi) is 8.71. The van der Waals surface area contributed by atoms with E-state index in [1.807, 2.05) is 135 Å². The predicted molar refractivity (Wildman–Crippen MR) is 200 cm³/mol. The minimum Gasteiger partial charge on any atom is -0.494 e. The first-order valence-corrected chi connectivity index (χ1v) is 18.2. The Morgan fingerprint density at radius 3 is 2.15 bits per heavy atom. The monoisotopic (exact) mass is 697 g/mol. The number of hydrogen-bond acceptors (Lipinski definition) is 6. The maximum atomic E-state index is 15.3. The van der Waals surface area contributed by atoms with E-state index < -0.39 is 35.1 Å². The molecule has 4 aliphatic rings. The Balaban J connectivity index is 1.25. The molecule has 0 radical (unpaired) electrons. The van der Waals surface area contributed by atoms with Crippen molar-refractivity contribution in [1.29, 1.82) is 0 Å². The molecule has 4 aliphatic heterocycles. The molecule has 1 N–H and O–H groups in total. The summed E-state index contributed by atoms with van der Waals surface area (Å²) in [5, 5.41) is 13.0. The van der Waals surface area contributed by atoms with Crippen molar-refractivity contribution in [1.82, 2.24) is 4.90 Å². The molecular weight excluding hydrogens is 654 g/mol. The summed E-state index contributed by atoms with van der Waals surface area (Å²) in [6.45, 7) is 4.58. The van der Waals surface area contributed by atoms with Crippen molar-refractivity contribution in [3.63, 3.8) is 0 Å². The molecule has 0 aliphatic carbocycles. The first kappa shape index (κ1) is 33.9. The quantitative estimate of drug-likeness (QED) is 0.225. The lowest BCUT2D eigenvalue weighted by molar-refractivity contribution is -0.149. The number of anilines is 2. The number of amides is 3. The lowest BCUT2D eigenvalue weighted by Gasteiger charge is -2.41. The summed E-state index contributed by atoms with van der Waals surface area (Å²) in [6, 6.07) is 29.0. The summed E-state index contributed by atoms with van der Waals surface area (Å²) in [7, 11) is 0. The van der Waals surface area contributed by atoms with Crippen LogP contribution in [0.5, 0.6) is 5.75 Å². The van der Waals surface area contributed by atoms with Crippen LogP contribution in [0.2, 0.25) is 0 Å². The van der Waals surface area contributed by atoms with Crippen molar-refractivity contribution in [2.24, 2.45) is 11.8 Å². The molecule has 52 heavy (non-hydrogen) atoms. The second-order valence-corrected chi connectivity index (χ2v) is 14.1. The molecule has 0 bridgehead atoms. The number of rotatable bonds is 9. The lowest BCUT2D eigenvalue weighted by atomic mass is 9.73. The number of aliphatic hydroxyl groups excluding tert-OH is 1. The number of fused-ring (bicyclic) bond motifs is 3. The van der Waals surface area contributed by atoms with Crippen molar-refractivity contribution in [3.8, 4) is 5.75 Å². The fraction of sp³-hybridized carbons (Fsp3) is 0.326. The van der Waals surface area contributed by atoms with Gasteiger partial charge >= 0.3 is 0 Å². The van der Waals surface area contributed by atoms with Crippen molar-refractivity contribution in [2.45, 2.75) is 50.0 Å². The minimum atomic E-state index is -1.47. The van der Waals surface area contributed by atoms with E-state index in [2.05, 4.69) is 0 Å². The molecule has 9 heteroatoms. The summed E-state index contributed by atoms with van der Waals surface area (Å²) >= 11 is 0. The number of nitrogens with zero attached hydrogens (tertiary/aromatic N) is 3. The van der Waals surface area contributed by atoms with E-state index in [4.69, 9.17) is 9.47 Å². The summed E-state index contributed by atoms with van der Waals surface area (Å²) in [4.78, 5) is 50.5. The summed E-state index contributed by atoms with van der Waals surface area (Å²) in [6.07, 6.45) is 8.37. The van der Waals surface area contributed by atoms with E-state index in [1.165, 1.54) is 0 Å². The van der Waals surface area contributed by atoms with Gasteiger partial charge in [0.25, 0.3) is 5.91 Å². The molecule has 4 aromatic rings. The van der Waals surface area contributed by atoms with E-state index in [1.54, 1.807) is 14.7 Å². The fourth-order valence-electron chi connectivity index (χ4n) is 8.93. The summed E-state index contributed by atoms with van der Waals surface area (Å²) < 4.78 is 12.9. The smallest absolute Gasteiger partial charge is 0.253 e. The zero-order valence-electron chi connectivity index (χ0n) is 29.4. The molecular formula is C43H43N3O6. The predicted octanol–water partition coefficient (Wildman–Crippen LogP) is 5.71. The van der Waals surface area contributed by atoms with Crippen LogP contribution in [0.4, 0.5) is 11.4 Å². The van der Waals surface area contributed by atoms with Gasteiger partial charge in [0.1, 0.15) is 17.4 Å². The normalized spacial score (nSPS) is 27.3. The van der Waals surface area contributed by atoms with Gasteiger partial charge in [-0.15, -0.1) is 0 Å². The standard InChI is InChI=1S/C43H43N3O6/c1-3-42-22-10-24-44(32-18-20-35(21-19-32)51-4-2)39(48)36(42)37-40(49)46(34(28-47)26-29-12-6-5-7-13-29)38-41(50)45(25-11-23-43(37,38)52-42)33-17-16-30-14-8-9-15-31(30)27-33/h5-23,27,34,36-38,47H,3-4,24-26,28H2,1-2H3/t34-,36+,37+,38?,42-,43+/m1/s1. The maximum Gasteiger partial charge on any atom is 0.253 e. The highest BCUT2D eigenvalue weighted by molar-refractivity contribution is 6.08. The molecule has 9 nitrogen and oxygen atoms in total. The van der Waals surface area contributed by atoms with E-state index in [0.29, 0.717) is 43.1 Å². The molecule has 8 rings (SSSR count). The fourth-order valence-corrected chi connectivity index (χ4v) is 8.93. The Morgan fingerprint density at radius 1 is 0.769 bits per heavy atom. The number of carbonyl (C=O) groups excluding carboxylic acids is 3. The van der Waals surface area contributed by atoms with Gasteiger partial charge in [-0.25, -0.2) is 0 Å². The van der Waals surface area contributed by atoms with Crippen LogP contribution in [0.15, 0.2) is 121 Å². The zero-order valence-corrected chi connectivity index (χ0v) is 29.4. The molecule has 6 atom stereocenters. The molecule has 1 spiro atoms. The van der Waals surface area contributed by atoms with Crippen molar-refractivity contribution in [2.75, 3.05) is 36.1 Å². The Morgan fingerprint density at radius 2 is 1.44 bits per heavy atom. The van der Waals surface area contributed by atoms with Crippen molar-refractivity contribution < 1.29 is 29.0 Å². The van der Waals surface area contributed by atoms with Crippen molar-refractivity contribution in [3.05, 3.63) is 127 Å². The highest BCUT2D eigenvalue weighted by Gasteiger charge is 2.76. The van der Waals surface area contributed by atoms with Gasteiger partial charge in [-0.05, 0) is 72.5 Å². The first-order chi connectivity index (χ1) is 25.3. The molecule has 266 valence electrons. The van der Waals surface area contributed by atoms with Crippen LogP contribution in [-0.4, -0.2) is 77.3 Å². The molecule has 4 heterocycles. The van der Waals surface area contributed by atoms with Crippen LogP contribution < -0.4 is 14.5 Å². The van der Waals surface area contributed by atoms with E-state index >= 15 is 14.4 Å². The van der Waals surface area contributed by atoms with E-state index in [-0.39, 0.29) is 30.9 Å². The Bertz CT molecular complexity index is 2060. The van der Waals surface area contributed by atoms with Gasteiger partial charge in [-0.3, -0.25) is 14.4 Å². The average molecular weight is 698 g/mol. The highest BCUT2D eigenvalue weighted by atomic mass is 16.5. The zero-order chi connectivity index (χ0) is 36.0. The van der Waals surface area contributed by atoms with E-state index in [0.717, 1.165) is 16.3 Å². The SMILES string of the molecule is CCOc1ccc(N2CC=C[C@@]3(CC)O[C@]45C=CCN(c6ccc7ccccc7c6)C(=O)C4N([C@@H](CO)Cc4ccccc4)C(=O)[C@@H]5[C@H]3C2=O)cc1. The molecule has 2 fully saturated rings. The average Bonchev–Trinajstić information content (AvgIpc) is 3.47. The van der Waals surface area contributed by atoms with Crippen LogP contribution in [0.1, 0.15) is 25.8 Å². The third-order valence-corrected chi connectivity index (χ3v) is 11.3.